The number of carbonyl (C=O) groups excluding carboxylic acids is 3. The summed E-state index contributed by atoms with van der Waals surface area (Å²) < 4.78 is 17.4. The first-order valence-corrected chi connectivity index (χ1v) is 11.7. The lowest BCUT2D eigenvalue weighted by Gasteiger charge is -2.20. The third kappa shape index (κ3) is 5.88. The lowest BCUT2D eigenvalue weighted by molar-refractivity contribution is 0.0489. The second kappa shape index (κ2) is 10.6. The molecule has 0 radical (unpaired) electrons. The highest BCUT2D eigenvalue weighted by molar-refractivity contribution is 9.11. The van der Waals surface area contributed by atoms with Crippen LogP contribution in [0.2, 0.25) is 0 Å². The molecule has 0 aliphatic rings. The van der Waals surface area contributed by atoms with Crippen molar-refractivity contribution in [3.05, 3.63) is 57.3 Å². The number of methoxy groups -OCH3 is 2. The number of rotatable bonds is 2. The standard InChI is InChI=1S/C14H15BrN2O4.C9H7BrN2O2/c1-14(2,3)21-13(19)17-10(12(18)20-4)5-8-9(15)6-16-7-11(8)17;1-14-9(13)7-2-5-6(10)3-11-4-8(5)12-7/h5-7H,1-4H3;2-4,12H,1H3. The zero-order valence-electron chi connectivity index (χ0n) is 19.5. The first-order valence-electron chi connectivity index (χ1n) is 10.1. The van der Waals surface area contributed by atoms with E-state index in [1.807, 2.05) is 0 Å². The molecule has 184 valence electrons. The molecule has 0 amide bonds. The fourth-order valence-electron chi connectivity index (χ4n) is 3.08. The van der Waals surface area contributed by atoms with Crippen molar-refractivity contribution in [1.82, 2.24) is 19.5 Å². The molecule has 0 aliphatic carbocycles. The van der Waals surface area contributed by atoms with Gasteiger partial charge in [0.25, 0.3) is 0 Å². The molecule has 35 heavy (non-hydrogen) atoms. The molecule has 4 rings (SSSR count). The Hall–Kier alpha value is -3.25. The molecule has 0 saturated heterocycles. The van der Waals surface area contributed by atoms with E-state index in [1.165, 1.54) is 25.0 Å². The van der Waals surface area contributed by atoms with Crippen LogP contribution in [0.1, 0.15) is 41.7 Å². The Morgan fingerprint density at radius 2 is 1.49 bits per heavy atom. The molecule has 10 nitrogen and oxygen atoms in total. The fraction of sp³-hybridized carbons (Fsp3) is 0.261. The van der Waals surface area contributed by atoms with Crippen LogP contribution >= 0.6 is 31.9 Å². The summed E-state index contributed by atoms with van der Waals surface area (Å²) in [5, 5.41) is 1.59. The molecule has 0 unspecified atom stereocenters. The highest BCUT2D eigenvalue weighted by atomic mass is 79.9. The molecular weight excluding hydrogens is 588 g/mol. The predicted octanol–water partition coefficient (Wildman–Crippen LogP) is 5.48. The summed E-state index contributed by atoms with van der Waals surface area (Å²) in [6.45, 7) is 5.26. The molecular formula is C23H22Br2N4O6. The van der Waals surface area contributed by atoms with Crippen molar-refractivity contribution in [1.29, 1.82) is 0 Å². The summed E-state index contributed by atoms with van der Waals surface area (Å²) >= 11 is 6.69. The summed E-state index contributed by atoms with van der Waals surface area (Å²) in [5.74, 6) is -1.00. The monoisotopic (exact) mass is 608 g/mol. The van der Waals surface area contributed by atoms with Crippen LogP contribution < -0.4 is 0 Å². The fourth-order valence-corrected chi connectivity index (χ4v) is 3.96. The Morgan fingerprint density at radius 3 is 2.06 bits per heavy atom. The first kappa shape index (κ1) is 26.4. The maximum atomic E-state index is 12.4. The SMILES string of the molecule is COC(=O)c1cc2c(Br)cncc2[nH]1.COC(=O)c1cc2c(Br)cncc2n1C(=O)OC(C)(C)C. The Morgan fingerprint density at radius 1 is 0.886 bits per heavy atom. The largest absolute Gasteiger partial charge is 0.464 e. The van der Waals surface area contributed by atoms with Crippen molar-refractivity contribution >= 4 is 71.7 Å². The van der Waals surface area contributed by atoms with Gasteiger partial charge in [-0.15, -0.1) is 0 Å². The summed E-state index contributed by atoms with van der Waals surface area (Å²) in [4.78, 5) is 46.4. The zero-order chi connectivity index (χ0) is 25.9. The zero-order valence-corrected chi connectivity index (χ0v) is 22.7. The number of ether oxygens (including phenoxy) is 3. The van der Waals surface area contributed by atoms with Crippen LogP contribution in [-0.2, 0) is 14.2 Å². The molecule has 4 aromatic rings. The minimum Gasteiger partial charge on any atom is -0.464 e. The molecule has 0 aromatic carbocycles. The van der Waals surface area contributed by atoms with E-state index in [0.29, 0.717) is 21.1 Å². The number of esters is 2. The van der Waals surface area contributed by atoms with E-state index in [1.54, 1.807) is 51.5 Å². The van der Waals surface area contributed by atoms with E-state index in [-0.39, 0.29) is 11.7 Å². The molecule has 1 N–H and O–H groups in total. The molecule has 0 spiro atoms. The predicted molar refractivity (Wildman–Crippen MR) is 136 cm³/mol. The van der Waals surface area contributed by atoms with Crippen LogP contribution in [0.15, 0.2) is 45.9 Å². The quantitative estimate of drug-likeness (QED) is 0.234. The molecule has 0 saturated carbocycles. The third-order valence-corrected chi connectivity index (χ3v) is 5.82. The maximum absolute atomic E-state index is 12.4. The van der Waals surface area contributed by atoms with Gasteiger partial charge in [0.1, 0.15) is 17.0 Å². The van der Waals surface area contributed by atoms with Gasteiger partial charge in [0.05, 0.1) is 37.6 Å². The van der Waals surface area contributed by atoms with E-state index < -0.39 is 17.7 Å². The van der Waals surface area contributed by atoms with Gasteiger partial charge in [-0.1, -0.05) is 0 Å². The van der Waals surface area contributed by atoms with Gasteiger partial charge in [-0.05, 0) is 64.8 Å². The number of nitrogens with zero attached hydrogens (tertiary/aromatic N) is 3. The second-order valence-electron chi connectivity index (χ2n) is 8.15. The minimum absolute atomic E-state index is 0.0930. The van der Waals surface area contributed by atoms with E-state index in [2.05, 4.69) is 51.5 Å². The van der Waals surface area contributed by atoms with Crippen LogP contribution in [-0.4, -0.2) is 57.4 Å². The number of pyridine rings is 2. The number of hydrogen-bond acceptors (Lipinski definition) is 8. The average Bonchev–Trinajstić information content (AvgIpc) is 3.41. The highest BCUT2D eigenvalue weighted by Crippen LogP contribution is 2.28. The molecule has 0 atom stereocenters. The number of fused-ring (bicyclic) bond motifs is 2. The summed E-state index contributed by atoms with van der Waals surface area (Å²) in [7, 11) is 2.61. The van der Waals surface area contributed by atoms with Crippen molar-refractivity contribution < 1.29 is 28.6 Å². The molecule has 0 bridgehead atoms. The van der Waals surface area contributed by atoms with Gasteiger partial charge in [0.2, 0.25) is 0 Å². The number of nitrogens with one attached hydrogen (secondary N) is 1. The summed E-state index contributed by atoms with van der Waals surface area (Å²) in [6, 6.07) is 3.30. The molecule has 0 fully saturated rings. The van der Waals surface area contributed by atoms with Gasteiger partial charge in [-0.25, -0.2) is 19.0 Å². The number of halogens is 2. The number of hydrogen-bond donors (Lipinski definition) is 1. The number of aromatic nitrogens is 4. The van der Waals surface area contributed by atoms with Crippen molar-refractivity contribution in [2.24, 2.45) is 0 Å². The van der Waals surface area contributed by atoms with Gasteiger partial charge >= 0.3 is 18.0 Å². The van der Waals surface area contributed by atoms with E-state index in [0.717, 1.165) is 15.4 Å². The second-order valence-corrected chi connectivity index (χ2v) is 9.86. The van der Waals surface area contributed by atoms with Gasteiger partial charge in [-0.2, -0.15) is 0 Å². The van der Waals surface area contributed by atoms with Crippen molar-refractivity contribution in [3.63, 3.8) is 0 Å². The van der Waals surface area contributed by atoms with E-state index >= 15 is 0 Å². The van der Waals surface area contributed by atoms with Crippen LogP contribution in [0.3, 0.4) is 0 Å². The number of aromatic amines is 1. The van der Waals surface area contributed by atoms with Crippen LogP contribution in [0, 0.1) is 0 Å². The molecule has 4 aromatic heterocycles. The van der Waals surface area contributed by atoms with Gasteiger partial charge in [0, 0.05) is 32.1 Å². The summed E-state index contributed by atoms with van der Waals surface area (Å²) in [6.07, 6.45) is 5.76. The van der Waals surface area contributed by atoms with Crippen molar-refractivity contribution in [3.8, 4) is 0 Å². The lowest BCUT2D eigenvalue weighted by atomic mass is 10.2. The van der Waals surface area contributed by atoms with Crippen LogP contribution in [0.25, 0.3) is 21.8 Å². The average molecular weight is 610 g/mol. The van der Waals surface area contributed by atoms with Gasteiger partial charge < -0.3 is 19.2 Å². The molecule has 4 heterocycles. The van der Waals surface area contributed by atoms with Crippen molar-refractivity contribution in [2.45, 2.75) is 26.4 Å². The molecule has 0 aliphatic heterocycles. The minimum atomic E-state index is -0.680. The van der Waals surface area contributed by atoms with E-state index in [4.69, 9.17) is 9.47 Å². The Bertz CT molecular complexity index is 1420. The highest BCUT2D eigenvalue weighted by Gasteiger charge is 2.26. The Labute approximate surface area is 217 Å². The summed E-state index contributed by atoms with van der Waals surface area (Å²) in [5.41, 5.74) is 1.12. The lowest BCUT2D eigenvalue weighted by Crippen LogP contribution is -2.29. The van der Waals surface area contributed by atoms with Crippen molar-refractivity contribution in [2.75, 3.05) is 14.2 Å². The number of H-pyrrole nitrogens is 1. The first-order chi connectivity index (χ1) is 16.5. The van der Waals surface area contributed by atoms with Crippen LogP contribution in [0.5, 0.6) is 0 Å². The normalized spacial score (nSPS) is 11.1. The van der Waals surface area contributed by atoms with Gasteiger partial charge in [0.15, 0.2) is 0 Å². The maximum Gasteiger partial charge on any atom is 0.419 e. The molecule has 12 heteroatoms. The van der Waals surface area contributed by atoms with E-state index in [9.17, 15) is 14.4 Å². The smallest absolute Gasteiger partial charge is 0.419 e. The third-order valence-electron chi connectivity index (χ3n) is 4.55. The Balaban J connectivity index is 0.000000211. The Kier molecular flexibility index (Phi) is 7.96. The van der Waals surface area contributed by atoms with Crippen LogP contribution in [0.4, 0.5) is 4.79 Å². The van der Waals surface area contributed by atoms with Gasteiger partial charge in [-0.3, -0.25) is 9.97 Å². The topological polar surface area (TPSA) is 125 Å². The number of carbonyl (C=O) groups is 3.